The number of nitrogens with zero attached hydrogens (tertiary/aromatic N) is 2. The summed E-state index contributed by atoms with van der Waals surface area (Å²) in [6, 6.07) is 32.1. The maximum absolute atomic E-state index is 14.2. The molecule has 0 radical (unpaired) electrons. The summed E-state index contributed by atoms with van der Waals surface area (Å²) in [5.41, 5.74) is 5.24. The maximum Gasteiger partial charge on any atom is 0.338 e. The Labute approximate surface area is 276 Å². The first-order chi connectivity index (χ1) is 22.3. The summed E-state index contributed by atoms with van der Waals surface area (Å²) >= 11 is 7.29. The maximum atomic E-state index is 14.2. The number of fused-ring (bicyclic) bond motifs is 1. The summed E-state index contributed by atoms with van der Waals surface area (Å²) in [7, 11) is 0. The molecule has 6 nitrogen and oxygen atoms in total. The van der Waals surface area contributed by atoms with Gasteiger partial charge < -0.3 is 9.47 Å². The van der Waals surface area contributed by atoms with Crippen LogP contribution in [-0.2, 0) is 16.1 Å². The molecule has 0 unspecified atom stereocenters. The predicted molar refractivity (Wildman–Crippen MR) is 184 cm³/mol. The normalized spacial score (nSPS) is 14.6. The lowest BCUT2D eigenvalue weighted by Crippen LogP contribution is -2.40. The number of thiazole rings is 1. The lowest BCUT2D eigenvalue weighted by Gasteiger charge is -2.26. The Morgan fingerprint density at radius 2 is 1.65 bits per heavy atom. The minimum Gasteiger partial charge on any atom is -0.489 e. The van der Waals surface area contributed by atoms with E-state index in [0.29, 0.717) is 43.9 Å². The van der Waals surface area contributed by atoms with Gasteiger partial charge in [-0.3, -0.25) is 9.36 Å². The molecule has 1 atom stereocenters. The van der Waals surface area contributed by atoms with Gasteiger partial charge in [-0.25, -0.2) is 9.79 Å². The molecular weight excluding hydrogens is 616 g/mol. The molecule has 46 heavy (non-hydrogen) atoms. The van der Waals surface area contributed by atoms with Gasteiger partial charge in [0.05, 0.1) is 28.5 Å². The average Bonchev–Trinajstić information content (AvgIpc) is 3.38. The fourth-order valence-corrected chi connectivity index (χ4v) is 6.50. The van der Waals surface area contributed by atoms with Crippen molar-refractivity contribution in [1.29, 1.82) is 0 Å². The minimum absolute atomic E-state index is 0.202. The van der Waals surface area contributed by atoms with Crippen molar-refractivity contribution in [1.82, 2.24) is 4.57 Å². The number of hydrogen-bond acceptors (Lipinski definition) is 6. The van der Waals surface area contributed by atoms with Crippen LogP contribution in [0.5, 0.6) is 5.75 Å². The first-order valence-corrected chi connectivity index (χ1v) is 16.4. The molecule has 6 rings (SSSR count). The van der Waals surface area contributed by atoms with Gasteiger partial charge in [-0.1, -0.05) is 116 Å². The van der Waals surface area contributed by atoms with Crippen LogP contribution in [0.4, 0.5) is 0 Å². The highest BCUT2D eigenvalue weighted by Crippen LogP contribution is 2.35. The molecule has 2 heterocycles. The molecule has 0 bridgehead atoms. The molecule has 0 saturated heterocycles. The summed E-state index contributed by atoms with van der Waals surface area (Å²) < 4.78 is 13.6. The Bertz CT molecular complexity index is 2060. The van der Waals surface area contributed by atoms with Gasteiger partial charge in [0.15, 0.2) is 4.80 Å². The number of esters is 1. The van der Waals surface area contributed by atoms with Gasteiger partial charge in [-0.2, -0.15) is 0 Å². The van der Waals surface area contributed by atoms with Crippen LogP contribution in [0.1, 0.15) is 60.5 Å². The second-order valence-electron chi connectivity index (χ2n) is 11.2. The van der Waals surface area contributed by atoms with E-state index in [2.05, 4.69) is 26.0 Å². The molecule has 5 aromatic rings. The van der Waals surface area contributed by atoms with Gasteiger partial charge in [-0.15, -0.1) is 0 Å². The number of halogens is 1. The SMILES string of the molecule is CCOC(=O)C1=C(c2ccccc2)N=c2s/c(=C\c3ccc(OCc4ccc(Cl)cc4)cc3)c(=O)n2[C@H]1c1ccc(C(C)C)cc1. The van der Waals surface area contributed by atoms with Crippen molar-refractivity contribution in [2.45, 2.75) is 39.3 Å². The lowest BCUT2D eigenvalue weighted by atomic mass is 9.91. The third-order valence-corrected chi connectivity index (χ3v) is 9.02. The Morgan fingerprint density at radius 3 is 2.30 bits per heavy atom. The summed E-state index contributed by atoms with van der Waals surface area (Å²) in [6.45, 7) is 6.66. The van der Waals surface area contributed by atoms with Gasteiger partial charge >= 0.3 is 5.97 Å². The Balaban J connectivity index is 1.43. The van der Waals surface area contributed by atoms with Crippen LogP contribution in [-0.4, -0.2) is 17.1 Å². The van der Waals surface area contributed by atoms with E-state index >= 15 is 0 Å². The van der Waals surface area contributed by atoms with Crippen molar-refractivity contribution in [3.8, 4) is 5.75 Å². The third-order valence-electron chi connectivity index (χ3n) is 7.79. The van der Waals surface area contributed by atoms with Crippen molar-refractivity contribution < 1.29 is 14.3 Å². The van der Waals surface area contributed by atoms with Crippen LogP contribution in [0.25, 0.3) is 11.8 Å². The van der Waals surface area contributed by atoms with Crippen molar-refractivity contribution in [2.24, 2.45) is 4.99 Å². The molecule has 0 fully saturated rings. The first kappa shape index (κ1) is 31.3. The van der Waals surface area contributed by atoms with Crippen LogP contribution < -0.4 is 19.6 Å². The van der Waals surface area contributed by atoms with Crippen molar-refractivity contribution in [2.75, 3.05) is 6.61 Å². The number of benzene rings is 4. The van der Waals surface area contributed by atoms with Crippen molar-refractivity contribution in [3.05, 3.63) is 161 Å². The van der Waals surface area contributed by atoms with Gasteiger partial charge in [0, 0.05) is 10.6 Å². The molecule has 1 aliphatic heterocycles. The number of carbonyl (C=O) groups is 1. The Morgan fingerprint density at radius 1 is 0.957 bits per heavy atom. The molecule has 0 amide bonds. The number of aromatic nitrogens is 1. The minimum atomic E-state index is -0.711. The van der Waals surface area contributed by atoms with Gasteiger partial charge in [0.2, 0.25) is 0 Å². The van der Waals surface area contributed by atoms with Crippen molar-refractivity contribution in [3.63, 3.8) is 0 Å². The summed E-state index contributed by atoms with van der Waals surface area (Å²) in [5, 5.41) is 0.683. The van der Waals surface area contributed by atoms with Gasteiger partial charge in [0.1, 0.15) is 12.4 Å². The molecule has 0 spiro atoms. The molecule has 4 aromatic carbocycles. The molecule has 1 aliphatic rings. The topological polar surface area (TPSA) is 69.9 Å². The van der Waals surface area contributed by atoms with Crippen LogP contribution in [0.2, 0.25) is 5.02 Å². The monoisotopic (exact) mass is 648 g/mol. The molecule has 0 saturated carbocycles. The summed E-state index contributed by atoms with van der Waals surface area (Å²) in [4.78, 5) is 33.3. The summed E-state index contributed by atoms with van der Waals surface area (Å²) in [6.07, 6.45) is 1.85. The lowest BCUT2D eigenvalue weighted by molar-refractivity contribution is -0.138. The Kier molecular flexibility index (Phi) is 9.33. The highest BCUT2D eigenvalue weighted by molar-refractivity contribution is 7.07. The zero-order valence-electron chi connectivity index (χ0n) is 25.8. The first-order valence-electron chi connectivity index (χ1n) is 15.2. The smallest absolute Gasteiger partial charge is 0.338 e. The van der Waals surface area contributed by atoms with E-state index in [1.807, 2.05) is 97.1 Å². The van der Waals surface area contributed by atoms with Crippen molar-refractivity contribution >= 4 is 40.7 Å². The van der Waals surface area contributed by atoms with E-state index in [1.54, 1.807) is 11.5 Å². The number of rotatable bonds is 9. The number of hydrogen-bond donors (Lipinski definition) is 0. The second kappa shape index (κ2) is 13.7. The molecular formula is C38H33ClN2O4S. The zero-order chi connectivity index (χ0) is 32.2. The Hall–Kier alpha value is -4.72. The van der Waals surface area contributed by atoms with Crippen LogP contribution in [0.3, 0.4) is 0 Å². The van der Waals surface area contributed by atoms with E-state index in [0.717, 1.165) is 22.3 Å². The van der Waals surface area contributed by atoms with Crippen LogP contribution >= 0.6 is 22.9 Å². The quantitative estimate of drug-likeness (QED) is 0.157. The van der Waals surface area contributed by atoms with E-state index in [-0.39, 0.29) is 12.2 Å². The molecule has 8 heteroatoms. The molecule has 0 N–H and O–H groups in total. The average molecular weight is 649 g/mol. The summed E-state index contributed by atoms with van der Waals surface area (Å²) in [5.74, 6) is 0.557. The highest BCUT2D eigenvalue weighted by Gasteiger charge is 2.35. The fraction of sp³-hybridized carbons (Fsp3) is 0.184. The number of carbonyl (C=O) groups excluding carboxylic acids is 1. The van der Waals surface area contributed by atoms with Crippen LogP contribution in [0, 0.1) is 0 Å². The predicted octanol–water partition coefficient (Wildman–Crippen LogP) is 7.29. The second-order valence-corrected chi connectivity index (χ2v) is 12.7. The number of ether oxygens (including phenoxy) is 2. The standard InChI is InChI=1S/C38H33ClN2O4S/c1-4-44-37(43)33-34(28-8-6-5-7-9-28)40-38-41(35(33)29-16-14-27(15-17-29)24(2)3)36(42)32(46-38)22-25-12-20-31(21-13-25)45-23-26-10-18-30(39)19-11-26/h5-22,24,35H,4,23H2,1-3H3/b32-22-/t35-/m0/s1. The molecule has 0 aliphatic carbocycles. The highest BCUT2D eigenvalue weighted by atomic mass is 35.5. The van der Waals surface area contributed by atoms with Gasteiger partial charge in [0.25, 0.3) is 5.56 Å². The van der Waals surface area contributed by atoms with E-state index in [4.69, 9.17) is 26.1 Å². The third kappa shape index (κ3) is 6.62. The molecule has 1 aromatic heterocycles. The molecule has 232 valence electrons. The largest absolute Gasteiger partial charge is 0.489 e. The van der Waals surface area contributed by atoms with Crippen LogP contribution in [0.15, 0.2) is 118 Å². The van der Waals surface area contributed by atoms with Gasteiger partial charge in [-0.05, 0) is 65.4 Å². The zero-order valence-corrected chi connectivity index (χ0v) is 27.3. The van der Waals surface area contributed by atoms with E-state index < -0.39 is 12.0 Å². The van der Waals surface area contributed by atoms with E-state index in [9.17, 15) is 9.59 Å². The fourth-order valence-electron chi connectivity index (χ4n) is 5.38. The van der Waals surface area contributed by atoms with E-state index in [1.165, 1.54) is 16.9 Å².